The lowest BCUT2D eigenvalue weighted by atomic mass is 9.99. The van der Waals surface area contributed by atoms with E-state index in [0.29, 0.717) is 36.0 Å². The molecule has 0 saturated heterocycles. The highest BCUT2D eigenvalue weighted by Gasteiger charge is 2.17. The predicted octanol–water partition coefficient (Wildman–Crippen LogP) is 1.99. The number of hydrogen-bond donors (Lipinski definition) is 1. The van der Waals surface area contributed by atoms with Gasteiger partial charge in [0, 0.05) is 12.0 Å². The lowest BCUT2D eigenvalue weighted by molar-refractivity contribution is 0.0989. The molecule has 2 aromatic carbocycles. The Balaban J connectivity index is 1.87. The van der Waals surface area contributed by atoms with Crippen LogP contribution in [0.2, 0.25) is 0 Å². The molecule has 0 fully saturated rings. The molecule has 2 N–H and O–H groups in total. The molecular weight excluding hydrogens is 310 g/mol. The highest BCUT2D eigenvalue weighted by Crippen LogP contribution is 2.31. The summed E-state index contributed by atoms with van der Waals surface area (Å²) in [6.45, 7) is 1.00. The minimum absolute atomic E-state index is 0.148. The maximum Gasteiger partial charge on any atom is 0.248 e. The molecule has 1 aliphatic heterocycles. The summed E-state index contributed by atoms with van der Waals surface area (Å²) < 4.78 is 16.2. The third kappa shape index (κ3) is 3.17. The molecule has 24 heavy (non-hydrogen) atoms. The molecule has 1 aliphatic rings. The number of ether oxygens (including phenoxy) is 3. The third-order valence-electron chi connectivity index (χ3n) is 3.76. The molecule has 0 saturated carbocycles. The zero-order valence-corrected chi connectivity index (χ0v) is 13.2. The van der Waals surface area contributed by atoms with Gasteiger partial charge in [-0.1, -0.05) is 6.07 Å². The van der Waals surface area contributed by atoms with Crippen LogP contribution >= 0.6 is 0 Å². The molecule has 3 rings (SSSR count). The summed E-state index contributed by atoms with van der Waals surface area (Å²) in [6, 6.07) is 9.95. The van der Waals surface area contributed by atoms with Crippen LogP contribution in [0.1, 0.15) is 26.3 Å². The van der Waals surface area contributed by atoms with Crippen LogP contribution < -0.4 is 19.9 Å². The number of ketones is 1. The number of hydrogen-bond acceptors (Lipinski definition) is 5. The van der Waals surface area contributed by atoms with Crippen LogP contribution in [-0.2, 0) is 6.42 Å². The van der Waals surface area contributed by atoms with Gasteiger partial charge in [-0.25, -0.2) is 0 Å². The number of carbonyl (C=O) groups excluding carboxylic acids is 2. The average Bonchev–Trinajstić information content (AvgIpc) is 2.60. The van der Waals surface area contributed by atoms with Crippen molar-refractivity contribution in [3.8, 4) is 17.2 Å². The van der Waals surface area contributed by atoms with E-state index in [4.69, 9.17) is 19.9 Å². The van der Waals surface area contributed by atoms with Crippen molar-refractivity contribution in [2.45, 2.75) is 6.42 Å². The number of benzene rings is 2. The van der Waals surface area contributed by atoms with Crippen LogP contribution in [0.3, 0.4) is 0 Å². The predicted molar refractivity (Wildman–Crippen MR) is 87.0 cm³/mol. The summed E-state index contributed by atoms with van der Waals surface area (Å²) in [5.74, 6) is 0.940. The Morgan fingerprint density at radius 1 is 1.08 bits per heavy atom. The fraction of sp³-hybridized carbons (Fsp3) is 0.222. The van der Waals surface area contributed by atoms with Gasteiger partial charge >= 0.3 is 0 Å². The van der Waals surface area contributed by atoms with Gasteiger partial charge in [-0.3, -0.25) is 9.59 Å². The normalized spacial score (nSPS) is 12.5. The topological polar surface area (TPSA) is 87.9 Å². The number of Topliss-reactive ketones (excluding diaryl/α,β-unsaturated/α-hetero) is 1. The first kappa shape index (κ1) is 15.9. The van der Waals surface area contributed by atoms with Crippen LogP contribution in [0.15, 0.2) is 36.4 Å². The van der Waals surface area contributed by atoms with Gasteiger partial charge in [0.2, 0.25) is 5.91 Å². The molecule has 1 heterocycles. The van der Waals surface area contributed by atoms with E-state index in [1.54, 1.807) is 18.2 Å². The molecule has 0 radical (unpaired) electrons. The SMILES string of the molecule is COc1ccc(C(N)=O)cc1C(=O)Cc1ccc2c(c1)OCCO2. The van der Waals surface area contributed by atoms with Gasteiger partial charge in [-0.15, -0.1) is 0 Å². The Kier molecular flexibility index (Phi) is 4.37. The van der Waals surface area contributed by atoms with Crippen LogP contribution in [0.25, 0.3) is 0 Å². The summed E-state index contributed by atoms with van der Waals surface area (Å²) >= 11 is 0. The van der Waals surface area contributed by atoms with Crippen molar-refractivity contribution >= 4 is 11.7 Å². The molecule has 0 bridgehead atoms. The van der Waals surface area contributed by atoms with Gasteiger partial charge in [0.25, 0.3) is 0 Å². The van der Waals surface area contributed by atoms with E-state index < -0.39 is 5.91 Å². The monoisotopic (exact) mass is 327 g/mol. The van der Waals surface area contributed by atoms with Gasteiger partial charge in [0.05, 0.1) is 12.7 Å². The summed E-state index contributed by atoms with van der Waals surface area (Å²) in [6.07, 6.45) is 0.148. The van der Waals surface area contributed by atoms with Crippen molar-refractivity contribution in [1.82, 2.24) is 0 Å². The Morgan fingerprint density at radius 3 is 2.54 bits per heavy atom. The number of carbonyl (C=O) groups is 2. The highest BCUT2D eigenvalue weighted by atomic mass is 16.6. The van der Waals surface area contributed by atoms with E-state index in [1.807, 2.05) is 6.07 Å². The van der Waals surface area contributed by atoms with Crippen molar-refractivity contribution in [3.63, 3.8) is 0 Å². The van der Waals surface area contributed by atoms with Gasteiger partial charge in [-0.05, 0) is 35.9 Å². The summed E-state index contributed by atoms with van der Waals surface area (Å²) in [7, 11) is 1.47. The number of nitrogens with two attached hydrogens (primary N) is 1. The molecule has 124 valence electrons. The van der Waals surface area contributed by atoms with Gasteiger partial charge < -0.3 is 19.9 Å². The number of amides is 1. The second-order valence-electron chi connectivity index (χ2n) is 5.36. The molecule has 0 spiro atoms. The standard InChI is InChI=1S/C18H17NO5/c1-22-15-5-3-12(18(19)21)10-13(15)14(20)8-11-2-4-16-17(9-11)24-7-6-23-16/h2-5,9-10H,6-8H2,1H3,(H2,19,21). The van der Waals surface area contributed by atoms with Gasteiger partial charge in [-0.2, -0.15) is 0 Å². The zero-order valence-electron chi connectivity index (χ0n) is 13.2. The molecule has 6 heteroatoms. The van der Waals surface area contributed by atoms with E-state index in [0.717, 1.165) is 5.56 Å². The van der Waals surface area contributed by atoms with Crippen molar-refractivity contribution in [1.29, 1.82) is 0 Å². The molecular formula is C18H17NO5. The highest BCUT2D eigenvalue weighted by molar-refractivity contribution is 6.03. The molecule has 0 aromatic heterocycles. The number of methoxy groups -OCH3 is 1. The Labute approximate surface area is 139 Å². The van der Waals surface area contributed by atoms with Crippen LogP contribution in [-0.4, -0.2) is 32.0 Å². The molecule has 0 unspecified atom stereocenters. The largest absolute Gasteiger partial charge is 0.496 e. The summed E-state index contributed by atoms with van der Waals surface area (Å²) in [4.78, 5) is 24.0. The quantitative estimate of drug-likeness (QED) is 0.849. The van der Waals surface area contributed by atoms with E-state index in [2.05, 4.69) is 0 Å². The van der Waals surface area contributed by atoms with Gasteiger partial charge in [0.15, 0.2) is 17.3 Å². The lowest BCUT2D eigenvalue weighted by Crippen LogP contribution is -2.16. The second kappa shape index (κ2) is 6.62. The lowest BCUT2D eigenvalue weighted by Gasteiger charge is -2.18. The Bertz CT molecular complexity index is 800. The number of rotatable bonds is 5. The maximum atomic E-state index is 12.6. The maximum absolute atomic E-state index is 12.6. The van der Waals surface area contributed by atoms with Crippen molar-refractivity contribution in [2.24, 2.45) is 5.73 Å². The zero-order chi connectivity index (χ0) is 17.1. The van der Waals surface area contributed by atoms with Gasteiger partial charge in [0.1, 0.15) is 19.0 Å². The smallest absolute Gasteiger partial charge is 0.248 e. The number of fused-ring (bicyclic) bond motifs is 1. The fourth-order valence-electron chi connectivity index (χ4n) is 2.56. The number of primary amides is 1. The van der Waals surface area contributed by atoms with Crippen molar-refractivity contribution in [2.75, 3.05) is 20.3 Å². The Morgan fingerprint density at radius 2 is 1.83 bits per heavy atom. The fourth-order valence-corrected chi connectivity index (χ4v) is 2.56. The van der Waals surface area contributed by atoms with E-state index in [-0.39, 0.29) is 17.8 Å². The van der Waals surface area contributed by atoms with E-state index >= 15 is 0 Å². The van der Waals surface area contributed by atoms with E-state index in [1.165, 1.54) is 19.2 Å². The average molecular weight is 327 g/mol. The minimum Gasteiger partial charge on any atom is -0.496 e. The molecule has 2 aromatic rings. The first-order valence-corrected chi connectivity index (χ1v) is 7.48. The van der Waals surface area contributed by atoms with Crippen LogP contribution in [0.4, 0.5) is 0 Å². The molecule has 0 aliphatic carbocycles. The summed E-state index contributed by atoms with van der Waals surface area (Å²) in [5.41, 5.74) is 6.66. The second-order valence-corrected chi connectivity index (χ2v) is 5.36. The van der Waals surface area contributed by atoms with Crippen molar-refractivity contribution < 1.29 is 23.8 Å². The third-order valence-corrected chi connectivity index (χ3v) is 3.76. The van der Waals surface area contributed by atoms with Crippen LogP contribution in [0, 0.1) is 0 Å². The van der Waals surface area contributed by atoms with Crippen molar-refractivity contribution in [3.05, 3.63) is 53.1 Å². The summed E-state index contributed by atoms with van der Waals surface area (Å²) in [5, 5.41) is 0. The van der Waals surface area contributed by atoms with E-state index in [9.17, 15) is 9.59 Å². The molecule has 1 amide bonds. The minimum atomic E-state index is -0.592. The first-order valence-electron chi connectivity index (χ1n) is 7.48. The molecule has 0 atom stereocenters. The molecule has 6 nitrogen and oxygen atoms in total. The Hall–Kier alpha value is -3.02. The first-order chi connectivity index (χ1) is 11.6. The van der Waals surface area contributed by atoms with Crippen LogP contribution in [0.5, 0.6) is 17.2 Å².